The minimum Gasteiger partial charge on any atom is -0.0887 e. The quantitative estimate of drug-likeness (QED) is 0.677. The van der Waals surface area contributed by atoms with Crippen LogP contribution in [0.3, 0.4) is 0 Å². The third-order valence-corrected chi connectivity index (χ3v) is 5.72. The molecule has 0 aliphatic heterocycles. The van der Waals surface area contributed by atoms with E-state index in [1.165, 1.54) is 49.7 Å². The van der Waals surface area contributed by atoms with Gasteiger partial charge in [0.1, 0.15) is 0 Å². The summed E-state index contributed by atoms with van der Waals surface area (Å²) in [7, 11) is 0. The Labute approximate surface area is 119 Å². The van der Waals surface area contributed by atoms with Crippen molar-refractivity contribution in [2.24, 2.45) is 17.8 Å². The van der Waals surface area contributed by atoms with E-state index in [1.807, 2.05) is 0 Å². The lowest BCUT2D eigenvalue weighted by atomic mass is 9.85. The first-order valence-corrected chi connectivity index (χ1v) is 8.32. The molecule has 0 saturated heterocycles. The number of halogens is 1. The molecule has 1 aromatic carbocycles. The summed E-state index contributed by atoms with van der Waals surface area (Å²) >= 11 is 3.91. The first kappa shape index (κ1) is 12.7. The summed E-state index contributed by atoms with van der Waals surface area (Å²) in [6.07, 6.45) is 8.66. The lowest BCUT2D eigenvalue weighted by Gasteiger charge is -2.24. The molecule has 18 heavy (non-hydrogen) atoms. The number of hydrogen-bond acceptors (Lipinski definition) is 0. The maximum absolute atomic E-state index is 3.91. The van der Waals surface area contributed by atoms with Crippen molar-refractivity contribution in [1.82, 2.24) is 0 Å². The smallest absolute Gasteiger partial charge is 0.0188 e. The number of hydrogen-bond donors (Lipinski definition) is 0. The third-order valence-electron chi connectivity index (χ3n) is 5.02. The predicted molar refractivity (Wildman–Crippen MR) is 81.2 cm³/mol. The van der Waals surface area contributed by atoms with Gasteiger partial charge in [0.05, 0.1) is 0 Å². The monoisotopic (exact) mass is 306 g/mol. The third kappa shape index (κ3) is 2.82. The van der Waals surface area contributed by atoms with Crippen LogP contribution in [0.1, 0.15) is 43.2 Å². The molecule has 2 aliphatic carbocycles. The van der Waals surface area contributed by atoms with E-state index < -0.39 is 0 Å². The van der Waals surface area contributed by atoms with Crippen molar-refractivity contribution in [3.8, 4) is 0 Å². The summed E-state index contributed by atoms with van der Waals surface area (Å²) in [6.45, 7) is 2.16. The van der Waals surface area contributed by atoms with E-state index in [9.17, 15) is 0 Å². The SMILES string of the molecule is Cc1ccc(CC(Br)CC2CC3CCC2C3)cc1. The Bertz CT molecular complexity index is 395. The first-order chi connectivity index (χ1) is 8.70. The van der Waals surface area contributed by atoms with E-state index in [4.69, 9.17) is 0 Å². The van der Waals surface area contributed by atoms with Gasteiger partial charge in [-0.05, 0) is 62.3 Å². The molecular formula is C17H23Br. The van der Waals surface area contributed by atoms with Gasteiger partial charge in [-0.2, -0.15) is 0 Å². The topological polar surface area (TPSA) is 0 Å². The second-order valence-corrected chi connectivity index (χ2v) is 7.75. The van der Waals surface area contributed by atoms with Crippen LogP contribution in [0.4, 0.5) is 0 Å². The Balaban J connectivity index is 1.52. The van der Waals surface area contributed by atoms with Crippen LogP contribution in [0.25, 0.3) is 0 Å². The zero-order valence-corrected chi connectivity index (χ0v) is 12.8. The normalized spacial score (nSPS) is 31.8. The van der Waals surface area contributed by atoms with E-state index in [-0.39, 0.29) is 0 Å². The van der Waals surface area contributed by atoms with E-state index in [1.54, 1.807) is 0 Å². The lowest BCUT2D eigenvalue weighted by molar-refractivity contribution is 0.313. The van der Waals surface area contributed by atoms with Gasteiger partial charge < -0.3 is 0 Å². The molecule has 2 bridgehead atoms. The number of aryl methyl sites for hydroxylation is 1. The molecule has 1 aromatic rings. The van der Waals surface area contributed by atoms with Crippen LogP contribution in [-0.4, -0.2) is 4.83 Å². The van der Waals surface area contributed by atoms with Crippen molar-refractivity contribution in [3.63, 3.8) is 0 Å². The number of benzene rings is 1. The van der Waals surface area contributed by atoms with Crippen molar-refractivity contribution >= 4 is 15.9 Å². The number of rotatable bonds is 4. The van der Waals surface area contributed by atoms with E-state index in [0.717, 1.165) is 17.8 Å². The van der Waals surface area contributed by atoms with Gasteiger partial charge in [0, 0.05) is 4.83 Å². The maximum atomic E-state index is 3.91. The Morgan fingerprint density at radius 2 is 1.94 bits per heavy atom. The van der Waals surface area contributed by atoms with Crippen LogP contribution < -0.4 is 0 Å². The zero-order chi connectivity index (χ0) is 12.5. The molecule has 2 fully saturated rings. The highest BCUT2D eigenvalue weighted by molar-refractivity contribution is 9.09. The van der Waals surface area contributed by atoms with Gasteiger partial charge in [-0.1, -0.05) is 52.2 Å². The maximum Gasteiger partial charge on any atom is 0.0188 e. The molecule has 0 N–H and O–H groups in total. The van der Waals surface area contributed by atoms with E-state index in [0.29, 0.717) is 4.83 Å². The molecule has 98 valence electrons. The van der Waals surface area contributed by atoms with Gasteiger partial charge in [-0.25, -0.2) is 0 Å². The molecule has 0 amide bonds. The second kappa shape index (κ2) is 5.36. The minimum atomic E-state index is 0.671. The van der Waals surface area contributed by atoms with Gasteiger partial charge in [0.2, 0.25) is 0 Å². The lowest BCUT2D eigenvalue weighted by Crippen LogP contribution is -2.16. The van der Waals surface area contributed by atoms with Crippen LogP contribution in [0.2, 0.25) is 0 Å². The van der Waals surface area contributed by atoms with Crippen molar-refractivity contribution in [2.45, 2.75) is 50.3 Å². The fraction of sp³-hybridized carbons (Fsp3) is 0.647. The molecule has 4 atom stereocenters. The van der Waals surface area contributed by atoms with Crippen LogP contribution >= 0.6 is 15.9 Å². The summed E-state index contributed by atoms with van der Waals surface area (Å²) in [4.78, 5) is 0.671. The fourth-order valence-corrected chi connectivity index (χ4v) is 4.91. The highest BCUT2D eigenvalue weighted by Gasteiger charge is 2.39. The van der Waals surface area contributed by atoms with Gasteiger partial charge in [0.25, 0.3) is 0 Å². The Morgan fingerprint density at radius 1 is 1.17 bits per heavy atom. The zero-order valence-electron chi connectivity index (χ0n) is 11.2. The standard InChI is InChI=1S/C17H23Br/c1-12-2-4-13(5-3-12)10-17(18)11-16-9-14-6-7-15(16)8-14/h2-5,14-17H,6-11H2,1H3. The van der Waals surface area contributed by atoms with Crippen LogP contribution in [-0.2, 0) is 6.42 Å². The Kier molecular flexibility index (Phi) is 3.79. The van der Waals surface area contributed by atoms with Gasteiger partial charge >= 0.3 is 0 Å². The average Bonchev–Trinajstić information content (AvgIpc) is 2.94. The Hall–Kier alpha value is -0.300. The van der Waals surface area contributed by atoms with Crippen LogP contribution in [0, 0.1) is 24.7 Å². The molecule has 0 heterocycles. The number of alkyl halides is 1. The van der Waals surface area contributed by atoms with Gasteiger partial charge in [0.15, 0.2) is 0 Å². The highest BCUT2D eigenvalue weighted by atomic mass is 79.9. The van der Waals surface area contributed by atoms with Gasteiger partial charge in [-0.15, -0.1) is 0 Å². The first-order valence-electron chi connectivity index (χ1n) is 7.40. The highest BCUT2D eigenvalue weighted by Crippen LogP contribution is 2.50. The summed E-state index contributed by atoms with van der Waals surface area (Å²) in [6, 6.07) is 9.02. The molecule has 0 aromatic heterocycles. The molecule has 4 unspecified atom stereocenters. The average molecular weight is 307 g/mol. The van der Waals surface area contributed by atoms with Crippen LogP contribution in [0.5, 0.6) is 0 Å². The molecule has 2 saturated carbocycles. The van der Waals surface area contributed by atoms with E-state index in [2.05, 4.69) is 47.1 Å². The fourth-order valence-electron chi connectivity index (χ4n) is 4.06. The van der Waals surface area contributed by atoms with Crippen molar-refractivity contribution in [3.05, 3.63) is 35.4 Å². The molecule has 2 aliphatic rings. The molecule has 0 spiro atoms. The van der Waals surface area contributed by atoms with Crippen molar-refractivity contribution in [2.75, 3.05) is 0 Å². The largest absolute Gasteiger partial charge is 0.0887 e. The summed E-state index contributed by atoms with van der Waals surface area (Å²) < 4.78 is 0. The Morgan fingerprint density at radius 3 is 2.56 bits per heavy atom. The molecular weight excluding hydrogens is 284 g/mol. The molecule has 0 radical (unpaired) electrons. The summed E-state index contributed by atoms with van der Waals surface area (Å²) in [5.41, 5.74) is 2.84. The van der Waals surface area contributed by atoms with E-state index >= 15 is 0 Å². The second-order valence-electron chi connectivity index (χ2n) is 6.46. The minimum absolute atomic E-state index is 0.671. The summed E-state index contributed by atoms with van der Waals surface area (Å²) in [5.74, 6) is 3.16. The van der Waals surface area contributed by atoms with Crippen LogP contribution in [0.15, 0.2) is 24.3 Å². The predicted octanol–water partition coefficient (Wildman–Crippen LogP) is 5.13. The molecule has 1 heteroatoms. The van der Waals surface area contributed by atoms with Gasteiger partial charge in [-0.3, -0.25) is 0 Å². The molecule has 0 nitrogen and oxygen atoms in total. The molecule has 3 rings (SSSR count). The number of fused-ring (bicyclic) bond motifs is 2. The van der Waals surface area contributed by atoms with Crippen molar-refractivity contribution < 1.29 is 0 Å². The summed E-state index contributed by atoms with van der Waals surface area (Å²) in [5, 5.41) is 0. The van der Waals surface area contributed by atoms with Crippen molar-refractivity contribution in [1.29, 1.82) is 0 Å².